The first-order valence-electron chi connectivity index (χ1n) is 26.4. The second kappa shape index (κ2) is 23.1. The van der Waals surface area contributed by atoms with E-state index in [0.717, 1.165) is 74.9 Å². The van der Waals surface area contributed by atoms with Crippen LogP contribution >= 0.6 is 0 Å². The molecule has 27 heteroatoms. The monoisotopic (exact) mass is 1190 g/mol. The van der Waals surface area contributed by atoms with Crippen molar-refractivity contribution in [3.05, 3.63) is 177 Å². The first kappa shape index (κ1) is 59.0. The fourth-order valence-electron chi connectivity index (χ4n) is 9.57. The average Bonchev–Trinajstić information content (AvgIpc) is 2.11. The molecule has 84 heavy (non-hydrogen) atoms. The summed E-state index contributed by atoms with van der Waals surface area (Å²) in [6, 6.07) is 11.7. The van der Waals surface area contributed by atoms with Gasteiger partial charge in [-0.15, -0.1) is 30.6 Å². The van der Waals surface area contributed by atoms with Crippen molar-refractivity contribution in [3.63, 3.8) is 0 Å². The van der Waals surface area contributed by atoms with E-state index in [0.29, 0.717) is 72.7 Å². The summed E-state index contributed by atoms with van der Waals surface area (Å²) >= 11 is 0. The van der Waals surface area contributed by atoms with Crippen LogP contribution in [0.5, 0.6) is 17.2 Å². The zero-order valence-corrected chi connectivity index (χ0v) is 44.4. The predicted octanol–water partition coefficient (Wildman–Crippen LogP) is 15.4. The summed E-state index contributed by atoms with van der Waals surface area (Å²) in [5, 5.41) is 23.1. The van der Waals surface area contributed by atoms with Gasteiger partial charge in [0.1, 0.15) is 69.9 Å². The molecule has 0 saturated heterocycles. The molecule has 0 N–H and O–H groups in total. The van der Waals surface area contributed by atoms with Crippen molar-refractivity contribution in [1.82, 2.24) is 43.8 Å². The standard InChI is InChI=1S/3C19H16F5N3O/c3*1-10(28-15-5-4-12(20)9-14(15)21)13-6-7-27-16(8-11-2-3-11)25-26-18(27)17(13)19(22,23)24/h3*4-7,9-11H,2-3,8H2,1H3. The lowest BCUT2D eigenvalue weighted by molar-refractivity contribution is -0.138. The highest BCUT2D eigenvalue weighted by Crippen LogP contribution is 2.44. The number of fused-ring (bicyclic) bond motifs is 3. The van der Waals surface area contributed by atoms with Crippen molar-refractivity contribution >= 4 is 16.9 Å². The molecule has 0 radical (unpaired) electrons. The Morgan fingerprint density at radius 2 is 0.643 bits per heavy atom. The van der Waals surface area contributed by atoms with Crippen molar-refractivity contribution in [2.24, 2.45) is 17.8 Å². The molecular weight excluding hydrogens is 1140 g/mol. The third kappa shape index (κ3) is 13.3. The minimum atomic E-state index is -4.71. The Balaban J connectivity index is 0.000000140. The molecule has 0 spiro atoms. The Morgan fingerprint density at radius 3 is 0.857 bits per heavy atom. The number of hydrogen-bond acceptors (Lipinski definition) is 9. The van der Waals surface area contributed by atoms with Crippen LogP contribution in [0.3, 0.4) is 0 Å². The minimum Gasteiger partial charge on any atom is -0.483 e. The Kier molecular flexibility index (Phi) is 16.3. The molecule has 0 bridgehead atoms. The van der Waals surface area contributed by atoms with E-state index in [9.17, 15) is 65.9 Å². The van der Waals surface area contributed by atoms with Crippen LogP contribution in [0.15, 0.2) is 91.4 Å². The summed E-state index contributed by atoms with van der Waals surface area (Å²) in [7, 11) is 0. The maximum atomic E-state index is 13.8. The highest BCUT2D eigenvalue weighted by molar-refractivity contribution is 5.57. The quantitative estimate of drug-likeness (QED) is 0.0925. The van der Waals surface area contributed by atoms with Gasteiger partial charge in [-0.2, -0.15) is 39.5 Å². The van der Waals surface area contributed by atoms with Crippen LogP contribution in [-0.4, -0.2) is 43.8 Å². The van der Waals surface area contributed by atoms with E-state index in [1.807, 2.05) is 0 Å². The molecule has 3 unspecified atom stereocenters. The van der Waals surface area contributed by atoms with Crippen LogP contribution in [0.25, 0.3) is 16.9 Å². The summed E-state index contributed by atoms with van der Waals surface area (Å²) in [4.78, 5) is 0. The molecule has 0 amide bonds. The fourth-order valence-corrected chi connectivity index (χ4v) is 9.57. The van der Waals surface area contributed by atoms with Gasteiger partial charge in [0.05, 0.1) is 0 Å². The van der Waals surface area contributed by atoms with Gasteiger partial charge in [0.15, 0.2) is 51.6 Å². The van der Waals surface area contributed by atoms with E-state index in [1.54, 1.807) is 0 Å². The van der Waals surface area contributed by atoms with Gasteiger partial charge in [0, 0.05) is 72.7 Å². The third-order valence-electron chi connectivity index (χ3n) is 14.3. The largest absolute Gasteiger partial charge is 0.483 e. The SMILES string of the molecule is CC(Oc1ccc(F)cc1F)c1ccn2c(CC3CC3)nnc2c1C(F)(F)F.CC(Oc1ccc(F)cc1F)c1ccn2c(CC3CC3)nnc2c1C(F)(F)F.CC(Oc1ccc(F)cc1F)c1ccn2c(CC3CC3)nnc2c1C(F)(F)F. The smallest absolute Gasteiger partial charge is 0.420 e. The normalized spacial score (nSPS) is 15.8. The van der Waals surface area contributed by atoms with Gasteiger partial charge < -0.3 is 14.2 Å². The van der Waals surface area contributed by atoms with Crippen molar-refractivity contribution in [1.29, 1.82) is 0 Å². The highest BCUT2D eigenvalue weighted by atomic mass is 19.4. The van der Waals surface area contributed by atoms with Crippen LogP contribution in [0, 0.1) is 52.7 Å². The number of benzene rings is 3. The summed E-state index contributed by atoms with van der Waals surface area (Å²) in [5.74, 6) is -3.64. The molecule has 3 atom stereocenters. The van der Waals surface area contributed by atoms with Gasteiger partial charge in [-0.25, -0.2) is 26.3 Å². The molecule has 6 aromatic heterocycles. The third-order valence-corrected chi connectivity index (χ3v) is 14.3. The lowest BCUT2D eigenvalue weighted by atomic mass is 10.0. The van der Waals surface area contributed by atoms with Crippen LogP contribution in [-0.2, 0) is 37.8 Å². The second-order valence-corrected chi connectivity index (χ2v) is 20.8. The fraction of sp³-hybridized carbons (Fsp3) is 0.368. The summed E-state index contributed by atoms with van der Waals surface area (Å²) in [5.41, 5.74) is -4.45. The van der Waals surface area contributed by atoms with Crippen molar-refractivity contribution in [2.75, 3.05) is 0 Å². The lowest BCUT2D eigenvalue weighted by Gasteiger charge is -2.20. The van der Waals surface area contributed by atoms with E-state index in [1.165, 1.54) is 70.8 Å². The Labute approximate surface area is 467 Å². The Hall–Kier alpha value is -8.13. The maximum Gasteiger partial charge on any atom is 0.420 e. The maximum absolute atomic E-state index is 13.8. The topological polar surface area (TPSA) is 118 Å². The number of halogens is 15. The van der Waals surface area contributed by atoms with Gasteiger partial charge in [-0.1, -0.05) is 0 Å². The number of hydrogen-bond donors (Lipinski definition) is 0. The first-order chi connectivity index (χ1) is 39.7. The molecule has 444 valence electrons. The molecule has 3 aromatic carbocycles. The second-order valence-electron chi connectivity index (χ2n) is 20.8. The van der Waals surface area contributed by atoms with Crippen molar-refractivity contribution in [2.45, 2.75) is 115 Å². The number of pyridine rings is 3. The number of alkyl halides is 9. The molecule has 12 nitrogen and oxygen atoms in total. The summed E-state index contributed by atoms with van der Waals surface area (Å²) < 4.78 is 225. The van der Waals surface area contributed by atoms with Crippen LogP contribution in [0.4, 0.5) is 65.9 Å². The van der Waals surface area contributed by atoms with Gasteiger partial charge in [-0.05, 0) is 132 Å². The number of nitrogens with zero attached hydrogens (tertiary/aromatic N) is 9. The van der Waals surface area contributed by atoms with Gasteiger partial charge in [0.2, 0.25) is 0 Å². The van der Waals surface area contributed by atoms with E-state index in [-0.39, 0.29) is 50.9 Å². The average molecular weight is 1190 g/mol. The Bertz CT molecular complexity index is 3470. The van der Waals surface area contributed by atoms with Gasteiger partial charge >= 0.3 is 18.5 Å². The van der Waals surface area contributed by atoms with E-state index in [4.69, 9.17) is 14.2 Å². The van der Waals surface area contributed by atoms with E-state index >= 15 is 0 Å². The van der Waals surface area contributed by atoms with E-state index < -0.39 is 88.4 Å². The van der Waals surface area contributed by atoms with Crippen molar-refractivity contribution < 1.29 is 80.1 Å². The first-order valence-corrected chi connectivity index (χ1v) is 26.4. The number of rotatable bonds is 15. The molecule has 3 fully saturated rings. The van der Waals surface area contributed by atoms with Crippen molar-refractivity contribution in [3.8, 4) is 17.2 Å². The molecular formula is C57H48F15N9O3. The van der Waals surface area contributed by atoms with E-state index in [2.05, 4.69) is 30.6 Å². The molecule has 3 saturated carbocycles. The summed E-state index contributed by atoms with van der Waals surface area (Å²) in [6.45, 7) is 4.10. The van der Waals surface area contributed by atoms with Crippen LogP contribution < -0.4 is 14.2 Å². The summed E-state index contributed by atoms with van der Waals surface area (Å²) in [6.07, 6.45) is -5.22. The Morgan fingerprint density at radius 1 is 0.393 bits per heavy atom. The zero-order chi connectivity index (χ0) is 60.2. The van der Waals surface area contributed by atoms with Crippen LogP contribution in [0.2, 0.25) is 0 Å². The van der Waals surface area contributed by atoms with Gasteiger partial charge in [-0.3, -0.25) is 13.2 Å². The molecule has 12 rings (SSSR count). The van der Waals surface area contributed by atoms with Crippen LogP contribution in [0.1, 0.15) is 128 Å². The molecule has 9 aromatic rings. The minimum absolute atomic E-state index is 0.200. The molecule has 0 aliphatic heterocycles. The molecule has 3 aliphatic rings. The molecule has 6 heterocycles. The predicted molar refractivity (Wildman–Crippen MR) is 269 cm³/mol. The lowest BCUT2D eigenvalue weighted by Crippen LogP contribution is -2.16. The number of aromatic nitrogens is 9. The molecule has 3 aliphatic carbocycles. The van der Waals surface area contributed by atoms with Gasteiger partial charge in [0.25, 0.3) is 0 Å². The number of ether oxygens (including phenoxy) is 3. The highest BCUT2D eigenvalue weighted by Gasteiger charge is 2.42. The zero-order valence-electron chi connectivity index (χ0n) is 44.4.